The van der Waals surface area contributed by atoms with Crippen molar-refractivity contribution < 1.29 is 4.79 Å². The molecule has 20 heavy (non-hydrogen) atoms. The van der Waals surface area contributed by atoms with Gasteiger partial charge < -0.3 is 15.5 Å². The Hall–Kier alpha value is -2.07. The summed E-state index contributed by atoms with van der Waals surface area (Å²) in [6.45, 7) is 2.29. The van der Waals surface area contributed by atoms with Crippen molar-refractivity contribution >= 4 is 16.8 Å². The number of amides is 2. The van der Waals surface area contributed by atoms with Gasteiger partial charge in [0, 0.05) is 19.6 Å². The highest BCUT2D eigenvalue weighted by Crippen LogP contribution is 2.27. The number of benzene rings is 2. The summed E-state index contributed by atoms with van der Waals surface area (Å²) in [4.78, 5) is 13.9. The summed E-state index contributed by atoms with van der Waals surface area (Å²) in [5.41, 5.74) is 1.20. The molecule has 1 unspecified atom stereocenters. The number of fused-ring (bicyclic) bond motifs is 1. The van der Waals surface area contributed by atoms with Gasteiger partial charge in [0.15, 0.2) is 0 Å². The lowest BCUT2D eigenvalue weighted by Gasteiger charge is -2.15. The third-order valence-electron chi connectivity index (χ3n) is 3.82. The van der Waals surface area contributed by atoms with Crippen molar-refractivity contribution in [1.29, 1.82) is 0 Å². The number of hydrogen-bond acceptors (Lipinski definition) is 2. The Morgan fingerprint density at radius 1 is 1.25 bits per heavy atom. The maximum Gasteiger partial charge on any atom is 0.318 e. The molecule has 4 nitrogen and oxygen atoms in total. The molecule has 4 heteroatoms. The van der Waals surface area contributed by atoms with Crippen LogP contribution < -0.4 is 10.6 Å². The number of rotatable bonds is 4. The van der Waals surface area contributed by atoms with Crippen LogP contribution in [0.1, 0.15) is 11.6 Å². The summed E-state index contributed by atoms with van der Waals surface area (Å²) in [5.74, 6) is 0. The number of urea groups is 1. The van der Waals surface area contributed by atoms with Gasteiger partial charge >= 0.3 is 6.03 Å². The Balaban J connectivity index is 1.87. The normalized spacial score (nSPS) is 18.6. The zero-order valence-corrected chi connectivity index (χ0v) is 11.6. The van der Waals surface area contributed by atoms with Crippen molar-refractivity contribution in [3.05, 3.63) is 48.0 Å². The van der Waals surface area contributed by atoms with Crippen LogP contribution in [0.15, 0.2) is 42.5 Å². The van der Waals surface area contributed by atoms with Gasteiger partial charge in [-0.3, -0.25) is 0 Å². The van der Waals surface area contributed by atoms with Gasteiger partial charge in [-0.25, -0.2) is 4.79 Å². The fourth-order valence-corrected chi connectivity index (χ4v) is 2.76. The minimum Gasteiger partial charge on any atom is -0.329 e. The van der Waals surface area contributed by atoms with Gasteiger partial charge in [-0.2, -0.15) is 0 Å². The molecular formula is C16H19N3O. The van der Waals surface area contributed by atoms with Crippen LogP contribution in [0.2, 0.25) is 0 Å². The Morgan fingerprint density at radius 2 is 2.05 bits per heavy atom. The maximum atomic E-state index is 12.0. The molecule has 2 amide bonds. The lowest BCUT2D eigenvalue weighted by molar-refractivity contribution is 0.218. The summed E-state index contributed by atoms with van der Waals surface area (Å²) in [6, 6.07) is 14.7. The third kappa shape index (κ3) is 2.34. The minimum absolute atomic E-state index is 0.0261. The first-order chi connectivity index (χ1) is 9.79. The van der Waals surface area contributed by atoms with Gasteiger partial charge in [0.25, 0.3) is 0 Å². The van der Waals surface area contributed by atoms with Crippen molar-refractivity contribution in [2.75, 3.05) is 26.7 Å². The van der Waals surface area contributed by atoms with E-state index in [0.717, 1.165) is 19.6 Å². The van der Waals surface area contributed by atoms with Gasteiger partial charge in [0.05, 0.1) is 6.04 Å². The van der Waals surface area contributed by atoms with Gasteiger partial charge in [0.1, 0.15) is 0 Å². The molecule has 2 aromatic rings. The molecule has 2 aromatic carbocycles. The largest absolute Gasteiger partial charge is 0.329 e. The molecule has 0 aliphatic carbocycles. The quantitative estimate of drug-likeness (QED) is 0.893. The average molecular weight is 269 g/mol. The molecule has 0 radical (unpaired) electrons. The van der Waals surface area contributed by atoms with E-state index < -0.39 is 0 Å². The Kier molecular flexibility index (Phi) is 3.56. The van der Waals surface area contributed by atoms with Gasteiger partial charge in [-0.15, -0.1) is 0 Å². The standard InChI is InChI=1S/C16H19N3O/c1-17-9-10-19-11-15(18-16(19)20)14-8-4-6-12-5-2-3-7-13(12)14/h2-8,15,17H,9-11H2,1H3,(H,18,20). The summed E-state index contributed by atoms with van der Waals surface area (Å²) < 4.78 is 0. The average Bonchev–Trinajstić information content (AvgIpc) is 2.85. The van der Waals surface area contributed by atoms with Crippen LogP contribution in [-0.2, 0) is 0 Å². The molecule has 0 bridgehead atoms. The Labute approximate surface area is 118 Å². The van der Waals surface area contributed by atoms with Crippen LogP contribution >= 0.6 is 0 Å². The lowest BCUT2D eigenvalue weighted by atomic mass is 9.99. The van der Waals surface area contributed by atoms with Gasteiger partial charge in [-0.05, 0) is 23.4 Å². The first kappa shape index (κ1) is 12.9. The fraction of sp³-hybridized carbons (Fsp3) is 0.312. The molecular weight excluding hydrogens is 250 g/mol. The van der Waals surface area contributed by atoms with Crippen molar-refractivity contribution in [1.82, 2.24) is 15.5 Å². The van der Waals surface area contributed by atoms with Gasteiger partial charge in [0.2, 0.25) is 0 Å². The van der Waals surface area contributed by atoms with E-state index in [1.165, 1.54) is 16.3 Å². The SMILES string of the molecule is CNCCN1CC(c2cccc3ccccc23)NC1=O. The molecule has 3 rings (SSSR count). The number of carbonyl (C=O) groups is 1. The smallest absolute Gasteiger partial charge is 0.318 e. The van der Waals surface area contributed by atoms with Crippen LogP contribution in [0.25, 0.3) is 10.8 Å². The molecule has 1 saturated heterocycles. The van der Waals surface area contributed by atoms with Crippen LogP contribution in [0.3, 0.4) is 0 Å². The van der Waals surface area contributed by atoms with Crippen molar-refractivity contribution in [3.63, 3.8) is 0 Å². The first-order valence-electron chi connectivity index (χ1n) is 6.97. The highest BCUT2D eigenvalue weighted by Gasteiger charge is 2.29. The predicted octanol–water partition coefficient (Wildman–Crippen LogP) is 2.13. The minimum atomic E-state index is 0.0261. The van der Waals surface area contributed by atoms with Crippen molar-refractivity contribution in [3.8, 4) is 0 Å². The Bertz CT molecular complexity index is 621. The number of likely N-dealkylation sites (N-methyl/N-ethyl adjacent to an activating group) is 1. The van der Waals surface area contributed by atoms with E-state index in [1.54, 1.807) is 0 Å². The monoisotopic (exact) mass is 269 g/mol. The van der Waals surface area contributed by atoms with E-state index >= 15 is 0 Å². The van der Waals surface area contributed by atoms with Crippen LogP contribution in [-0.4, -0.2) is 37.6 Å². The molecule has 104 valence electrons. The lowest BCUT2D eigenvalue weighted by Crippen LogP contribution is -2.33. The molecule has 0 saturated carbocycles. The predicted molar refractivity (Wildman–Crippen MR) is 80.7 cm³/mol. The second kappa shape index (κ2) is 5.51. The van der Waals surface area contributed by atoms with E-state index in [4.69, 9.17) is 0 Å². The van der Waals surface area contributed by atoms with Crippen molar-refractivity contribution in [2.24, 2.45) is 0 Å². The molecule has 1 heterocycles. The van der Waals surface area contributed by atoms with Crippen LogP contribution in [0.4, 0.5) is 4.79 Å². The molecule has 0 spiro atoms. The maximum absolute atomic E-state index is 12.0. The molecule has 1 aliphatic rings. The first-order valence-corrected chi connectivity index (χ1v) is 6.97. The summed E-state index contributed by atoms with van der Waals surface area (Å²) in [5, 5.41) is 8.59. The molecule has 1 atom stereocenters. The van der Waals surface area contributed by atoms with Crippen LogP contribution in [0, 0.1) is 0 Å². The zero-order valence-electron chi connectivity index (χ0n) is 11.6. The van der Waals surface area contributed by atoms with E-state index in [1.807, 2.05) is 24.1 Å². The highest BCUT2D eigenvalue weighted by atomic mass is 16.2. The van der Waals surface area contributed by atoms with E-state index in [0.29, 0.717) is 0 Å². The topological polar surface area (TPSA) is 44.4 Å². The zero-order chi connectivity index (χ0) is 13.9. The Morgan fingerprint density at radius 3 is 2.90 bits per heavy atom. The summed E-state index contributed by atoms with van der Waals surface area (Å²) >= 11 is 0. The summed E-state index contributed by atoms with van der Waals surface area (Å²) in [6.07, 6.45) is 0. The second-order valence-electron chi connectivity index (χ2n) is 5.12. The molecule has 0 aromatic heterocycles. The molecule has 2 N–H and O–H groups in total. The van der Waals surface area contributed by atoms with E-state index in [9.17, 15) is 4.79 Å². The van der Waals surface area contributed by atoms with Crippen molar-refractivity contribution in [2.45, 2.75) is 6.04 Å². The highest BCUT2D eigenvalue weighted by molar-refractivity contribution is 5.87. The number of nitrogens with zero attached hydrogens (tertiary/aromatic N) is 1. The number of nitrogens with one attached hydrogen (secondary N) is 2. The number of hydrogen-bond donors (Lipinski definition) is 2. The van der Waals surface area contributed by atoms with E-state index in [2.05, 4.69) is 41.0 Å². The second-order valence-corrected chi connectivity index (χ2v) is 5.12. The number of carbonyl (C=O) groups excluding carboxylic acids is 1. The van der Waals surface area contributed by atoms with Gasteiger partial charge in [-0.1, -0.05) is 42.5 Å². The third-order valence-corrected chi connectivity index (χ3v) is 3.82. The fourth-order valence-electron chi connectivity index (χ4n) is 2.76. The summed E-state index contributed by atoms with van der Waals surface area (Å²) in [7, 11) is 1.90. The van der Waals surface area contributed by atoms with E-state index in [-0.39, 0.29) is 12.1 Å². The van der Waals surface area contributed by atoms with Crippen LogP contribution in [0.5, 0.6) is 0 Å². The molecule has 1 aliphatic heterocycles. The molecule has 1 fully saturated rings.